The topological polar surface area (TPSA) is 73.9 Å². The lowest BCUT2D eigenvalue weighted by Gasteiger charge is -2.29. The van der Waals surface area contributed by atoms with Crippen LogP contribution in [0.1, 0.15) is 38.2 Å². The van der Waals surface area contributed by atoms with Gasteiger partial charge in [0.15, 0.2) is 18.1 Å². The molecule has 142 valence electrons. The molecule has 0 heterocycles. The molecule has 6 nitrogen and oxygen atoms in total. The number of ether oxygens (including phenoxy) is 3. The standard InChI is InChI=1S/C20H27NO5/c1-14-6-4-5-7-16(14)21-19(22)13-26-20(23)11-9-15-8-10-17(24-2)18(12-15)25-3/h8-12,14,16H,4-7,13H2,1-3H3,(H,21,22)/b11-9+/t14-,16+/m0/s1. The minimum atomic E-state index is -0.563. The first-order valence-electron chi connectivity index (χ1n) is 8.89. The van der Waals surface area contributed by atoms with E-state index in [0.29, 0.717) is 17.4 Å². The lowest BCUT2D eigenvalue weighted by atomic mass is 9.86. The van der Waals surface area contributed by atoms with Crippen LogP contribution in [-0.2, 0) is 14.3 Å². The van der Waals surface area contributed by atoms with Crippen molar-refractivity contribution in [3.05, 3.63) is 29.8 Å². The molecule has 1 aromatic rings. The number of benzene rings is 1. The van der Waals surface area contributed by atoms with Gasteiger partial charge in [-0.3, -0.25) is 4.79 Å². The van der Waals surface area contributed by atoms with Crippen LogP contribution in [-0.4, -0.2) is 38.7 Å². The summed E-state index contributed by atoms with van der Waals surface area (Å²) in [6, 6.07) is 5.47. The minimum Gasteiger partial charge on any atom is -0.493 e. The second-order valence-electron chi connectivity index (χ2n) is 6.49. The van der Waals surface area contributed by atoms with E-state index in [2.05, 4.69) is 12.2 Å². The van der Waals surface area contributed by atoms with Crippen LogP contribution in [0.15, 0.2) is 24.3 Å². The molecule has 0 bridgehead atoms. The smallest absolute Gasteiger partial charge is 0.331 e. The molecular formula is C20H27NO5. The predicted octanol–water partition coefficient (Wildman–Crippen LogP) is 2.96. The molecule has 1 fully saturated rings. The molecule has 1 saturated carbocycles. The number of nitrogens with one attached hydrogen (secondary N) is 1. The molecule has 2 atom stereocenters. The summed E-state index contributed by atoms with van der Waals surface area (Å²) in [5, 5.41) is 2.95. The summed E-state index contributed by atoms with van der Waals surface area (Å²) < 4.78 is 15.4. The molecule has 0 spiro atoms. The Morgan fingerprint density at radius 3 is 2.58 bits per heavy atom. The monoisotopic (exact) mass is 361 g/mol. The molecule has 1 aromatic carbocycles. The van der Waals surface area contributed by atoms with Crippen molar-refractivity contribution < 1.29 is 23.8 Å². The predicted molar refractivity (Wildman–Crippen MR) is 99.1 cm³/mol. The van der Waals surface area contributed by atoms with Gasteiger partial charge >= 0.3 is 5.97 Å². The van der Waals surface area contributed by atoms with Crippen molar-refractivity contribution in [1.29, 1.82) is 0 Å². The van der Waals surface area contributed by atoms with Gasteiger partial charge in [-0.15, -0.1) is 0 Å². The van der Waals surface area contributed by atoms with E-state index in [9.17, 15) is 9.59 Å². The zero-order valence-electron chi connectivity index (χ0n) is 15.6. The summed E-state index contributed by atoms with van der Waals surface area (Å²) >= 11 is 0. The number of methoxy groups -OCH3 is 2. The van der Waals surface area contributed by atoms with Crippen molar-refractivity contribution in [3.63, 3.8) is 0 Å². The number of rotatable bonds is 7. The van der Waals surface area contributed by atoms with Crippen LogP contribution in [0.2, 0.25) is 0 Å². The molecule has 26 heavy (non-hydrogen) atoms. The fourth-order valence-corrected chi connectivity index (χ4v) is 3.08. The van der Waals surface area contributed by atoms with Crippen molar-refractivity contribution >= 4 is 18.0 Å². The molecule has 1 N–H and O–H groups in total. The van der Waals surface area contributed by atoms with E-state index >= 15 is 0 Å². The molecule has 0 aliphatic heterocycles. The first kappa shape index (κ1) is 19.8. The van der Waals surface area contributed by atoms with Gasteiger partial charge in [0.1, 0.15) is 0 Å². The van der Waals surface area contributed by atoms with Gasteiger partial charge in [-0.2, -0.15) is 0 Å². The summed E-state index contributed by atoms with van der Waals surface area (Å²) in [5.41, 5.74) is 0.764. The Bertz CT molecular complexity index is 656. The molecule has 6 heteroatoms. The second kappa shape index (κ2) is 9.85. The van der Waals surface area contributed by atoms with E-state index < -0.39 is 5.97 Å². The van der Waals surface area contributed by atoms with E-state index in [1.54, 1.807) is 38.5 Å². The van der Waals surface area contributed by atoms with Crippen molar-refractivity contribution in [1.82, 2.24) is 5.32 Å². The molecule has 1 aliphatic carbocycles. The van der Waals surface area contributed by atoms with Gasteiger partial charge in [0.05, 0.1) is 14.2 Å². The van der Waals surface area contributed by atoms with E-state index in [0.717, 1.165) is 24.8 Å². The molecular weight excluding hydrogens is 334 g/mol. The highest BCUT2D eigenvalue weighted by Gasteiger charge is 2.22. The number of hydrogen-bond donors (Lipinski definition) is 1. The number of hydrogen-bond acceptors (Lipinski definition) is 5. The third-order valence-electron chi connectivity index (χ3n) is 4.62. The molecule has 0 radical (unpaired) electrons. The summed E-state index contributed by atoms with van der Waals surface area (Å²) in [7, 11) is 3.11. The minimum absolute atomic E-state index is 0.178. The fourth-order valence-electron chi connectivity index (χ4n) is 3.08. The fraction of sp³-hybridized carbons (Fsp3) is 0.500. The molecule has 1 amide bonds. The number of esters is 1. The molecule has 1 aliphatic rings. The van der Waals surface area contributed by atoms with Crippen molar-refractivity contribution in [3.8, 4) is 11.5 Å². The molecule has 0 unspecified atom stereocenters. The van der Waals surface area contributed by atoms with E-state index in [-0.39, 0.29) is 18.6 Å². The maximum absolute atomic E-state index is 11.9. The number of amides is 1. The van der Waals surface area contributed by atoms with Gasteiger partial charge in [-0.25, -0.2) is 4.79 Å². The Labute approximate surface area is 154 Å². The average Bonchev–Trinajstić information content (AvgIpc) is 2.66. The van der Waals surface area contributed by atoms with E-state index in [1.807, 2.05) is 0 Å². The van der Waals surface area contributed by atoms with Crippen molar-refractivity contribution in [2.24, 2.45) is 5.92 Å². The Balaban J connectivity index is 1.80. The Morgan fingerprint density at radius 2 is 1.88 bits per heavy atom. The quantitative estimate of drug-likeness (QED) is 0.597. The van der Waals surface area contributed by atoms with Crippen molar-refractivity contribution in [2.75, 3.05) is 20.8 Å². The zero-order chi connectivity index (χ0) is 18.9. The first-order chi connectivity index (χ1) is 12.5. The average molecular weight is 361 g/mol. The van der Waals surface area contributed by atoms with Crippen LogP contribution in [0.3, 0.4) is 0 Å². The van der Waals surface area contributed by atoms with Gasteiger partial charge in [0.25, 0.3) is 5.91 Å². The maximum atomic E-state index is 11.9. The maximum Gasteiger partial charge on any atom is 0.331 e. The second-order valence-corrected chi connectivity index (χ2v) is 6.49. The lowest BCUT2D eigenvalue weighted by molar-refractivity contribution is -0.144. The highest BCUT2D eigenvalue weighted by molar-refractivity contribution is 5.89. The number of carbonyl (C=O) groups excluding carboxylic acids is 2. The lowest BCUT2D eigenvalue weighted by Crippen LogP contribution is -2.42. The molecule has 0 saturated heterocycles. The Kier molecular flexibility index (Phi) is 7.51. The van der Waals surface area contributed by atoms with Crippen LogP contribution in [0.4, 0.5) is 0 Å². The van der Waals surface area contributed by atoms with Gasteiger partial charge in [-0.1, -0.05) is 25.8 Å². The number of carbonyl (C=O) groups is 2. The molecule has 2 rings (SSSR count). The Morgan fingerprint density at radius 1 is 1.15 bits per heavy atom. The highest BCUT2D eigenvalue weighted by Crippen LogP contribution is 2.28. The van der Waals surface area contributed by atoms with Gasteiger partial charge in [-0.05, 0) is 42.5 Å². The van der Waals surface area contributed by atoms with Gasteiger partial charge in [0, 0.05) is 12.1 Å². The van der Waals surface area contributed by atoms with Gasteiger partial charge in [0.2, 0.25) is 0 Å². The van der Waals surface area contributed by atoms with Crippen LogP contribution >= 0.6 is 0 Å². The van der Waals surface area contributed by atoms with Crippen LogP contribution in [0.5, 0.6) is 11.5 Å². The Hall–Kier alpha value is -2.50. The summed E-state index contributed by atoms with van der Waals surface area (Å²) in [6.07, 6.45) is 7.34. The third kappa shape index (κ3) is 5.79. The SMILES string of the molecule is COc1ccc(/C=C/C(=O)OCC(=O)N[C@@H]2CCCC[C@@H]2C)cc1OC. The first-order valence-corrected chi connectivity index (χ1v) is 8.89. The third-order valence-corrected chi connectivity index (χ3v) is 4.62. The summed E-state index contributed by atoms with van der Waals surface area (Å²) in [6.45, 7) is 1.88. The van der Waals surface area contributed by atoms with Crippen LogP contribution in [0, 0.1) is 5.92 Å². The van der Waals surface area contributed by atoms with Gasteiger partial charge < -0.3 is 19.5 Å². The largest absolute Gasteiger partial charge is 0.493 e. The van der Waals surface area contributed by atoms with E-state index in [4.69, 9.17) is 14.2 Å². The van der Waals surface area contributed by atoms with Crippen LogP contribution < -0.4 is 14.8 Å². The zero-order valence-corrected chi connectivity index (χ0v) is 15.6. The van der Waals surface area contributed by atoms with E-state index in [1.165, 1.54) is 12.5 Å². The normalized spacial score (nSPS) is 19.8. The van der Waals surface area contributed by atoms with Crippen LogP contribution in [0.25, 0.3) is 6.08 Å². The highest BCUT2D eigenvalue weighted by atomic mass is 16.5. The summed E-state index contributed by atoms with van der Waals surface area (Å²) in [5.74, 6) is 0.835. The summed E-state index contributed by atoms with van der Waals surface area (Å²) in [4.78, 5) is 23.8. The van der Waals surface area contributed by atoms with Crippen molar-refractivity contribution in [2.45, 2.75) is 38.6 Å². The molecule has 0 aromatic heterocycles.